The lowest BCUT2D eigenvalue weighted by Gasteiger charge is -2.14. The Labute approximate surface area is 165 Å². The predicted molar refractivity (Wildman–Crippen MR) is 114 cm³/mol. The minimum Gasteiger partial charge on any atom is -0.481 e. The predicted octanol–water partition coefficient (Wildman–Crippen LogP) is 5.70. The van der Waals surface area contributed by atoms with Crippen LogP contribution in [0.5, 0.6) is 0 Å². The molecular formula is C21H20N2O2S2. The summed E-state index contributed by atoms with van der Waals surface area (Å²) in [6, 6.07) is 12.6. The van der Waals surface area contributed by atoms with Gasteiger partial charge >= 0.3 is 5.97 Å². The fourth-order valence-electron chi connectivity index (χ4n) is 3.65. The Bertz CT molecular complexity index is 1050. The van der Waals surface area contributed by atoms with Crippen LogP contribution in [0.25, 0.3) is 21.8 Å². The van der Waals surface area contributed by atoms with E-state index >= 15 is 0 Å². The number of carboxylic acids is 1. The number of aromatic nitrogens is 2. The van der Waals surface area contributed by atoms with Gasteiger partial charge in [0.2, 0.25) is 0 Å². The van der Waals surface area contributed by atoms with Crippen LogP contribution in [-0.2, 0) is 4.79 Å². The summed E-state index contributed by atoms with van der Waals surface area (Å²) in [6.45, 7) is 0. The second kappa shape index (κ2) is 7.37. The molecule has 4 nitrogen and oxygen atoms in total. The highest BCUT2D eigenvalue weighted by Crippen LogP contribution is 2.38. The molecule has 0 radical (unpaired) electrons. The van der Waals surface area contributed by atoms with Crippen LogP contribution in [0.3, 0.4) is 0 Å². The van der Waals surface area contributed by atoms with Crippen molar-refractivity contribution in [1.82, 2.24) is 9.97 Å². The van der Waals surface area contributed by atoms with Crippen LogP contribution in [0, 0.1) is 0 Å². The number of benzene rings is 2. The van der Waals surface area contributed by atoms with E-state index in [1.807, 2.05) is 24.9 Å². The van der Waals surface area contributed by atoms with Crippen LogP contribution < -0.4 is 0 Å². The van der Waals surface area contributed by atoms with Gasteiger partial charge in [-0.1, -0.05) is 12.1 Å². The standard InChI is InChI=1S/C21H20N2O2S2/c1-26-12-3-5-14-17(10-22-19(14)7-12)16(9-21(24)25)18-11-23-20-8-13(27-2)4-6-15(18)20/h3-8,10-11,16,22-23H,9H2,1-2H3,(H,24,25). The molecule has 27 heavy (non-hydrogen) atoms. The van der Waals surface area contributed by atoms with E-state index in [-0.39, 0.29) is 12.3 Å². The smallest absolute Gasteiger partial charge is 0.304 e. The highest BCUT2D eigenvalue weighted by molar-refractivity contribution is 7.98. The number of hydrogen-bond donors (Lipinski definition) is 3. The van der Waals surface area contributed by atoms with Crippen LogP contribution in [-0.4, -0.2) is 33.6 Å². The van der Waals surface area contributed by atoms with Crippen LogP contribution >= 0.6 is 23.5 Å². The summed E-state index contributed by atoms with van der Waals surface area (Å²) in [4.78, 5) is 20.7. The topological polar surface area (TPSA) is 68.9 Å². The zero-order valence-corrected chi connectivity index (χ0v) is 16.7. The Kier molecular flexibility index (Phi) is 4.93. The number of aromatic amines is 2. The first-order chi connectivity index (χ1) is 13.1. The number of aliphatic carboxylic acids is 1. The van der Waals surface area contributed by atoms with Gasteiger partial charge in [-0.25, -0.2) is 0 Å². The molecule has 0 saturated carbocycles. The van der Waals surface area contributed by atoms with E-state index in [4.69, 9.17) is 0 Å². The molecule has 0 aliphatic rings. The summed E-state index contributed by atoms with van der Waals surface area (Å²) >= 11 is 3.39. The molecule has 0 bridgehead atoms. The minimum absolute atomic E-state index is 0.0501. The molecule has 4 rings (SSSR count). The fourth-order valence-corrected chi connectivity index (χ4v) is 4.53. The third kappa shape index (κ3) is 3.35. The van der Waals surface area contributed by atoms with Gasteiger partial charge < -0.3 is 15.1 Å². The van der Waals surface area contributed by atoms with Crippen LogP contribution in [0.1, 0.15) is 23.5 Å². The van der Waals surface area contributed by atoms with Gasteiger partial charge in [-0.2, -0.15) is 0 Å². The van der Waals surface area contributed by atoms with Crippen molar-refractivity contribution >= 4 is 51.3 Å². The van der Waals surface area contributed by atoms with Gasteiger partial charge in [-0.3, -0.25) is 4.79 Å². The van der Waals surface area contributed by atoms with Gasteiger partial charge in [0.15, 0.2) is 0 Å². The number of thioether (sulfide) groups is 2. The van der Waals surface area contributed by atoms with Gasteiger partial charge in [-0.15, -0.1) is 23.5 Å². The van der Waals surface area contributed by atoms with Gasteiger partial charge in [0.1, 0.15) is 0 Å². The van der Waals surface area contributed by atoms with E-state index in [0.29, 0.717) is 0 Å². The number of nitrogens with one attached hydrogen (secondary N) is 2. The van der Waals surface area contributed by atoms with Crippen molar-refractivity contribution in [1.29, 1.82) is 0 Å². The van der Waals surface area contributed by atoms with E-state index < -0.39 is 5.97 Å². The average Bonchev–Trinajstić information content (AvgIpc) is 3.29. The Morgan fingerprint density at radius 2 is 1.41 bits per heavy atom. The third-order valence-electron chi connectivity index (χ3n) is 4.97. The number of H-pyrrole nitrogens is 2. The second-order valence-electron chi connectivity index (χ2n) is 6.46. The molecule has 2 aromatic heterocycles. The molecule has 0 aliphatic carbocycles. The van der Waals surface area contributed by atoms with Crippen molar-refractivity contribution in [3.63, 3.8) is 0 Å². The first-order valence-corrected chi connectivity index (χ1v) is 11.1. The van der Waals surface area contributed by atoms with Gasteiger partial charge in [0.05, 0.1) is 6.42 Å². The summed E-state index contributed by atoms with van der Waals surface area (Å²) in [5.74, 6) is -1.02. The molecule has 0 saturated heterocycles. The van der Waals surface area contributed by atoms with Crippen molar-refractivity contribution < 1.29 is 9.90 Å². The molecule has 6 heteroatoms. The molecule has 3 N–H and O–H groups in total. The maximum absolute atomic E-state index is 11.6. The number of carboxylic acid groups (broad SMARTS) is 1. The Morgan fingerprint density at radius 1 is 0.926 bits per heavy atom. The molecule has 138 valence electrons. The molecule has 2 heterocycles. The fraction of sp³-hybridized carbons (Fsp3) is 0.190. The van der Waals surface area contributed by atoms with Crippen LogP contribution in [0.4, 0.5) is 0 Å². The molecule has 0 aliphatic heterocycles. The van der Waals surface area contributed by atoms with E-state index in [9.17, 15) is 9.90 Å². The van der Waals surface area contributed by atoms with Gasteiger partial charge in [0.25, 0.3) is 0 Å². The second-order valence-corrected chi connectivity index (χ2v) is 8.22. The normalized spacial score (nSPS) is 11.7. The van der Waals surface area contributed by atoms with Gasteiger partial charge in [-0.05, 0) is 47.9 Å². The highest BCUT2D eigenvalue weighted by atomic mass is 32.2. The van der Waals surface area contributed by atoms with Gasteiger partial charge in [0, 0.05) is 49.9 Å². The summed E-state index contributed by atoms with van der Waals surface area (Å²) in [5, 5.41) is 11.7. The lowest BCUT2D eigenvalue weighted by Crippen LogP contribution is -2.07. The van der Waals surface area contributed by atoms with E-state index in [2.05, 4.69) is 46.4 Å². The molecule has 2 aromatic carbocycles. The first kappa shape index (κ1) is 18.1. The quantitative estimate of drug-likeness (QED) is 0.366. The summed E-state index contributed by atoms with van der Waals surface area (Å²) in [6.07, 6.45) is 8.06. The van der Waals surface area contributed by atoms with Crippen molar-refractivity contribution in [3.8, 4) is 0 Å². The van der Waals surface area contributed by atoms with Crippen molar-refractivity contribution in [3.05, 3.63) is 59.9 Å². The Balaban J connectivity index is 1.86. The molecule has 0 fully saturated rings. The molecule has 0 spiro atoms. The van der Waals surface area contributed by atoms with E-state index in [0.717, 1.165) is 32.9 Å². The molecule has 0 amide bonds. The third-order valence-corrected chi connectivity index (χ3v) is 6.42. The number of hydrogen-bond acceptors (Lipinski definition) is 3. The molecule has 0 atom stereocenters. The lowest BCUT2D eigenvalue weighted by atomic mass is 9.88. The minimum atomic E-state index is -0.801. The first-order valence-electron chi connectivity index (χ1n) is 8.62. The zero-order valence-electron chi connectivity index (χ0n) is 15.1. The molecular weight excluding hydrogens is 376 g/mol. The Hall–Kier alpha value is -2.31. The molecule has 4 aromatic rings. The lowest BCUT2D eigenvalue weighted by molar-refractivity contribution is -0.137. The number of rotatable bonds is 6. The largest absolute Gasteiger partial charge is 0.481 e. The SMILES string of the molecule is CSc1ccc2c(C(CC(=O)O)c3c[nH]c4cc(SC)ccc34)c[nH]c2c1. The zero-order chi connectivity index (χ0) is 19.0. The number of fused-ring (bicyclic) bond motifs is 2. The maximum Gasteiger partial charge on any atom is 0.304 e. The molecule has 0 unspecified atom stereocenters. The highest BCUT2D eigenvalue weighted by Gasteiger charge is 2.24. The van der Waals surface area contributed by atoms with Crippen LogP contribution in [0.2, 0.25) is 0 Å². The monoisotopic (exact) mass is 396 g/mol. The Morgan fingerprint density at radius 3 is 1.81 bits per heavy atom. The average molecular weight is 397 g/mol. The summed E-state index contributed by atoms with van der Waals surface area (Å²) < 4.78 is 0. The maximum atomic E-state index is 11.6. The van der Waals surface area contributed by atoms with E-state index in [1.54, 1.807) is 23.5 Å². The number of carbonyl (C=O) groups is 1. The van der Waals surface area contributed by atoms with E-state index in [1.165, 1.54) is 9.79 Å². The van der Waals surface area contributed by atoms with Crippen molar-refractivity contribution in [2.45, 2.75) is 22.1 Å². The summed E-state index contributed by atoms with van der Waals surface area (Å²) in [5.41, 5.74) is 4.12. The van der Waals surface area contributed by atoms with Crippen LogP contribution in [0.15, 0.2) is 58.6 Å². The van der Waals surface area contributed by atoms with Crippen molar-refractivity contribution in [2.75, 3.05) is 12.5 Å². The van der Waals surface area contributed by atoms with Crippen molar-refractivity contribution in [2.24, 2.45) is 0 Å². The summed E-state index contributed by atoms with van der Waals surface area (Å²) in [7, 11) is 0.